The third-order valence-corrected chi connectivity index (χ3v) is 6.62. The summed E-state index contributed by atoms with van der Waals surface area (Å²) < 4.78 is 0. The minimum absolute atomic E-state index is 0.210. The van der Waals surface area contributed by atoms with Gasteiger partial charge in [-0.2, -0.15) is 0 Å². The number of nitrogens with zero attached hydrogens (tertiary/aromatic N) is 1. The van der Waals surface area contributed by atoms with E-state index < -0.39 is 11.9 Å². The number of carbonyl (C=O) groups excluding carboxylic acids is 4. The van der Waals surface area contributed by atoms with Gasteiger partial charge >= 0.3 is 6.03 Å². The van der Waals surface area contributed by atoms with Crippen LogP contribution in [0.5, 0.6) is 0 Å². The Kier molecular flexibility index (Phi) is 7.17. The number of hydrogen-bond acceptors (Lipinski definition) is 4. The highest BCUT2D eigenvalue weighted by atomic mass is 35.5. The van der Waals surface area contributed by atoms with E-state index in [0.717, 1.165) is 22.3 Å². The minimum Gasteiger partial charge on any atom is -0.338 e. The molecule has 5 amide bonds. The molecule has 0 spiro atoms. The third kappa shape index (κ3) is 5.39. The van der Waals surface area contributed by atoms with E-state index >= 15 is 0 Å². The molecule has 0 radical (unpaired) electrons. The molecule has 2 aromatic rings. The summed E-state index contributed by atoms with van der Waals surface area (Å²) in [6, 6.07) is 10.3. The molecule has 2 heterocycles. The van der Waals surface area contributed by atoms with Gasteiger partial charge in [0.25, 0.3) is 5.91 Å². The van der Waals surface area contributed by atoms with Crippen LogP contribution in [0.3, 0.4) is 0 Å². The molecule has 0 aromatic heterocycles. The quantitative estimate of drug-likeness (QED) is 0.550. The first kappa shape index (κ1) is 23.8. The van der Waals surface area contributed by atoms with Gasteiger partial charge in [0, 0.05) is 36.6 Å². The van der Waals surface area contributed by atoms with Crippen molar-refractivity contribution in [3.63, 3.8) is 0 Å². The number of rotatable bonds is 6. The molecule has 0 unspecified atom stereocenters. The number of benzene rings is 2. The van der Waals surface area contributed by atoms with E-state index in [4.69, 9.17) is 11.6 Å². The largest absolute Gasteiger partial charge is 0.338 e. The van der Waals surface area contributed by atoms with Gasteiger partial charge in [0.1, 0.15) is 6.04 Å². The fourth-order valence-electron chi connectivity index (χ4n) is 4.28. The van der Waals surface area contributed by atoms with E-state index in [2.05, 4.69) is 16.0 Å². The summed E-state index contributed by atoms with van der Waals surface area (Å²) in [5.41, 5.74) is 4.28. The molecular weight excluding hydrogens is 456 g/mol. The van der Waals surface area contributed by atoms with Gasteiger partial charge < -0.3 is 15.5 Å². The second-order valence-corrected chi connectivity index (χ2v) is 9.10. The van der Waals surface area contributed by atoms with Crippen LogP contribution in [0.1, 0.15) is 51.9 Å². The summed E-state index contributed by atoms with van der Waals surface area (Å²) in [5, 5.41) is 8.73. The maximum absolute atomic E-state index is 12.9. The molecule has 2 aliphatic rings. The van der Waals surface area contributed by atoms with E-state index in [1.54, 1.807) is 12.1 Å². The summed E-state index contributed by atoms with van der Waals surface area (Å²) in [6.45, 7) is 3.03. The van der Waals surface area contributed by atoms with Crippen molar-refractivity contribution in [2.75, 3.05) is 6.54 Å². The highest BCUT2D eigenvalue weighted by Gasteiger charge is 2.37. The zero-order valence-electron chi connectivity index (χ0n) is 18.9. The summed E-state index contributed by atoms with van der Waals surface area (Å²) in [4.78, 5) is 50.6. The molecule has 178 valence electrons. The first-order chi connectivity index (χ1) is 16.3. The van der Waals surface area contributed by atoms with Crippen molar-refractivity contribution in [2.24, 2.45) is 0 Å². The van der Waals surface area contributed by atoms with Crippen LogP contribution in [-0.4, -0.2) is 41.2 Å². The number of carbonyl (C=O) groups is 4. The molecule has 4 rings (SSSR count). The number of urea groups is 1. The van der Waals surface area contributed by atoms with Crippen LogP contribution in [0.25, 0.3) is 0 Å². The Morgan fingerprint density at radius 2 is 1.91 bits per heavy atom. The Hall–Kier alpha value is -3.39. The molecule has 2 aromatic carbocycles. The van der Waals surface area contributed by atoms with Gasteiger partial charge in [-0.1, -0.05) is 35.9 Å². The van der Waals surface area contributed by atoms with Gasteiger partial charge in [0.05, 0.1) is 0 Å². The van der Waals surface area contributed by atoms with E-state index in [0.29, 0.717) is 49.5 Å². The van der Waals surface area contributed by atoms with Crippen molar-refractivity contribution in [2.45, 2.75) is 51.7 Å². The van der Waals surface area contributed by atoms with Crippen molar-refractivity contribution in [3.8, 4) is 0 Å². The number of amides is 5. The predicted molar refractivity (Wildman–Crippen MR) is 127 cm³/mol. The fourth-order valence-corrected chi connectivity index (χ4v) is 4.49. The molecule has 1 atom stereocenters. The average molecular weight is 483 g/mol. The molecule has 0 saturated carbocycles. The predicted octanol–water partition coefficient (Wildman–Crippen LogP) is 2.84. The van der Waals surface area contributed by atoms with Crippen molar-refractivity contribution in [1.29, 1.82) is 0 Å². The first-order valence-electron chi connectivity index (χ1n) is 11.3. The topological polar surface area (TPSA) is 108 Å². The summed E-state index contributed by atoms with van der Waals surface area (Å²) in [7, 11) is 0. The molecule has 0 bridgehead atoms. The third-order valence-electron chi connectivity index (χ3n) is 6.21. The number of imide groups is 1. The Labute approximate surface area is 203 Å². The lowest BCUT2D eigenvalue weighted by Gasteiger charge is -2.24. The van der Waals surface area contributed by atoms with E-state index in [1.165, 1.54) is 4.90 Å². The van der Waals surface area contributed by atoms with Crippen LogP contribution >= 0.6 is 11.6 Å². The van der Waals surface area contributed by atoms with Crippen LogP contribution in [0, 0.1) is 6.92 Å². The Morgan fingerprint density at radius 1 is 1.12 bits per heavy atom. The highest BCUT2D eigenvalue weighted by Crippen LogP contribution is 2.28. The fraction of sp³-hybridized carbons (Fsp3) is 0.360. The summed E-state index contributed by atoms with van der Waals surface area (Å²) in [5.74, 6) is -0.931. The smallest absolute Gasteiger partial charge is 0.315 e. The Bertz CT molecular complexity index is 1150. The Balaban J connectivity index is 1.29. The normalized spacial score (nSPS) is 17.8. The summed E-state index contributed by atoms with van der Waals surface area (Å²) >= 11 is 6.14. The number of fused-ring (bicyclic) bond motifs is 1. The molecule has 1 fully saturated rings. The zero-order valence-corrected chi connectivity index (χ0v) is 19.7. The van der Waals surface area contributed by atoms with Crippen LogP contribution in [0.15, 0.2) is 36.4 Å². The number of nitrogens with one attached hydrogen (secondary N) is 3. The van der Waals surface area contributed by atoms with Crippen molar-refractivity contribution in [3.05, 3.63) is 69.2 Å². The number of aryl methyl sites for hydroxylation is 1. The second-order valence-electron chi connectivity index (χ2n) is 8.69. The lowest BCUT2D eigenvalue weighted by atomic mass is 10.1. The van der Waals surface area contributed by atoms with Crippen molar-refractivity contribution in [1.82, 2.24) is 20.9 Å². The minimum atomic E-state index is -0.651. The van der Waals surface area contributed by atoms with Gasteiger partial charge in [-0.3, -0.25) is 19.7 Å². The number of hydrogen-bond donors (Lipinski definition) is 3. The number of halogens is 1. The lowest BCUT2D eigenvalue weighted by Crippen LogP contribution is -2.46. The maximum Gasteiger partial charge on any atom is 0.315 e. The highest BCUT2D eigenvalue weighted by molar-refractivity contribution is 6.31. The van der Waals surface area contributed by atoms with Gasteiger partial charge in [-0.05, 0) is 60.6 Å². The average Bonchev–Trinajstić information content (AvgIpc) is 3.02. The van der Waals surface area contributed by atoms with E-state index in [1.807, 2.05) is 31.2 Å². The summed E-state index contributed by atoms with van der Waals surface area (Å²) in [6.07, 6.45) is 1.97. The van der Waals surface area contributed by atoms with Crippen molar-refractivity contribution >= 4 is 35.4 Å². The standard InChI is InChI=1S/C25H27ClN4O4/c1-15-5-6-16(12-20(15)26)9-10-27-25(34)28-13-17-7-8-19-18(11-17)14-30(24(19)33)21-3-2-4-22(31)29-23(21)32/h5-8,11-12,21H,2-4,9-10,13-14H2,1H3,(H2,27,28,34)(H,29,31,32)/t21-/m0/s1. The van der Waals surface area contributed by atoms with Gasteiger partial charge in [0.2, 0.25) is 11.8 Å². The monoisotopic (exact) mass is 482 g/mol. The van der Waals surface area contributed by atoms with Gasteiger partial charge in [-0.25, -0.2) is 4.79 Å². The molecular formula is C25H27ClN4O4. The van der Waals surface area contributed by atoms with Gasteiger partial charge in [-0.15, -0.1) is 0 Å². The maximum atomic E-state index is 12.9. The van der Waals surface area contributed by atoms with Gasteiger partial charge in [0.15, 0.2) is 0 Å². The molecule has 2 aliphatic heterocycles. The Morgan fingerprint density at radius 3 is 2.71 bits per heavy atom. The SMILES string of the molecule is Cc1ccc(CCNC(=O)NCc2ccc3c(c2)CN([C@H]2CCCC(=O)NC2=O)C3=O)cc1Cl. The molecule has 9 heteroatoms. The molecule has 8 nitrogen and oxygen atoms in total. The van der Waals surface area contributed by atoms with Crippen LogP contribution < -0.4 is 16.0 Å². The molecule has 3 N–H and O–H groups in total. The first-order valence-corrected chi connectivity index (χ1v) is 11.7. The lowest BCUT2D eigenvalue weighted by molar-refractivity contribution is -0.132. The van der Waals surface area contributed by atoms with E-state index in [9.17, 15) is 19.2 Å². The van der Waals surface area contributed by atoms with Crippen LogP contribution in [0.4, 0.5) is 4.79 Å². The molecule has 0 aliphatic carbocycles. The van der Waals surface area contributed by atoms with Crippen LogP contribution in [0.2, 0.25) is 5.02 Å². The zero-order chi connectivity index (χ0) is 24.2. The van der Waals surface area contributed by atoms with Crippen molar-refractivity contribution < 1.29 is 19.2 Å². The van der Waals surface area contributed by atoms with Crippen LogP contribution in [-0.2, 0) is 29.1 Å². The molecule has 34 heavy (non-hydrogen) atoms. The second kappa shape index (κ2) is 10.3. The molecule has 1 saturated heterocycles. The van der Waals surface area contributed by atoms with E-state index in [-0.39, 0.29) is 24.3 Å².